The van der Waals surface area contributed by atoms with Gasteiger partial charge in [-0.1, -0.05) is 78.4 Å². The van der Waals surface area contributed by atoms with Gasteiger partial charge >= 0.3 is 0 Å². The molecule has 0 aliphatic rings. The summed E-state index contributed by atoms with van der Waals surface area (Å²) in [5.74, 6) is -0.264. The largest absolute Gasteiger partial charge is 0.321 e. The molecular weight excluding hydrogens is 444 g/mol. The Morgan fingerprint density at radius 2 is 1.41 bits per heavy atom. The zero-order valence-electron chi connectivity index (χ0n) is 19.1. The van der Waals surface area contributed by atoms with Gasteiger partial charge in [0.25, 0.3) is 5.91 Å². The van der Waals surface area contributed by atoms with E-state index in [1.54, 1.807) is 24.3 Å². The number of nitrogens with one attached hydrogen (secondary N) is 1. The number of nitrogens with zero attached hydrogens (tertiary/aromatic N) is 1. The first-order chi connectivity index (χ1) is 16.3. The summed E-state index contributed by atoms with van der Waals surface area (Å²) in [6.07, 6.45) is 1.18. The van der Waals surface area contributed by atoms with Crippen LogP contribution in [0.2, 0.25) is 0 Å². The van der Waals surface area contributed by atoms with Crippen LogP contribution < -0.4 is 9.62 Å². The van der Waals surface area contributed by atoms with Crippen molar-refractivity contribution in [3.63, 3.8) is 0 Å². The number of anilines is 2. The van der Waals surface area contributed by atoms with E-state index in [4.69, 9.17) is 0 Å². The summed E-state index contributed by atoms with van der Waals surface area (Å²) in [6, 6.07) is 31.8. The van der Waals surface area contributed by atoms with Crippen molar-refractivity contribution >= 4 is 27.3 Å². The zero-order valence-corrected chi connectivity index (χ0v) is 19.9. The van der Waals surface area contributed by atoms with E-state index in [0.717, 1.165) is 22.3 Å². The lowest BCUT2D eigenvalue weighted by Gasteiger charge is -2.23. The molecule has 4 aromatic rings. The first kappa shape index (κ1) is 23.3. The highest BCUT2D eigenvalue weighted by Gasteiger charge is 2.19. The number of carbonyl (C=O) groups excluding carboxylic acids is 1. The van der Waals surface area contributed by atoms with Gasteiger partial charge in [-0.15, -0.1) is 0 Å². The number of hydrogen-bond acceptors (Lipinski definition) is 3. The van der Waals surface area contributed by atoms with Gasteiger partial charge in [-0.25, -0.2) is 8.42 Å². The average molecular weight is 471 g/mol. The van der Waals surface area contributed by atoms with Gasteiger partial charge in [0.15, 0.2) is 0 Å². The zero-order chi connectivity index (χ0) is 24.1. The lowest BCUT2D eigenvalue weighted by molar-refractivity contribution is 0.102. The fourth-order valence-corrected chi connectivity index (χ4v) is 4.58. The molecule has 0 saturated carbocycles. The van der Waals surface area contributed by atoms with Crippen molar-refractivity contribution in [1.82, 2.24) is 0 Å². The number of aryl methyl sites for hydroxylation is 1. The lowest BCUT2D eigenvalue weighted by Crippen LogP contribution is -2.29. The molecule has 0 heterocycles. The molecule has 1 amide bonds. The number of hydrogen-bond donors (Lipinski definition) is 1. The second-order valence-corrected chi connectivity index (χ2v) is 10.1. The van der Waals surface area contributed by atoms with E-state index in [2.05, 4.69) is 5.32 Å². The lowest BCUT2D eigenvalue weighted by atomic mass is 10.0. The summed E-state index contributed by atoms with van der Waals surface area (Å²) in [5.41, 5.74) is 5.58. The van der Waals surface area contributed by atoms with Crippen LogP contribution in [0.25, 0.3) is 11.1 Å². The number of benzene rings is 4. The van der Waals surface area contributed by atoms with E-state index in [0.29, 0.717) is 16.9 Å². The molecule has 1 N–H and O–H groups in total. The Bertz CT molecular complexity index is 1380. The van der Waals surface area contributed by atoms with Crippen molar-refractivity contribution in [1.29, 1.82) is 0 Å². The third-order valence-electron chi connectivity index (χ3n) is 5.52. The minimum absolute atomic E-state index is 0.217. The fraction of sp³-hybridized carbons (Fsp3) is 0.107. The maximum atomic E-state index is 13.0. The quantitative estimate of drug-likeness (QED) is 0.367. The van der Waals surface area contributed by atoms with Crippen molar-refractivity contribution < 1.29 is 13.2 Å². The Morgan fingerprint density at radius 1 is 0.794 bits per heavy atom. The number of amides is 1. The third-order valence-corrected chi connectivity index (χ3v) is 6.67. The van der Waals surface area contributed by atoms with Crippen LogP contribution in [0.4, 0.5) is 11.4 Å². The SMILES string of the molecule is Cc1ccc(CN(c2ccc(C(=O)Nc3ccccc3-c3ccccc3)cc2)S(C)(=O)=O)cc1. The molecule has 0 bridgehead atoms. The first-order valence-corrected chi connectivity index (χ1v) is 12.8. The summed E-state index contributed by atoms with van der Waals surface area (Å²) >= 11 is 0. The Morgan fingerprint density at radius 3 is 2.06 bits per heavy atom. The van der Waals surface area contributed by atoms with Crippen LogP contribution >= 0.6 is 0 Å². The van der Waals surface area contributed by atoms with Crippen LogP contribution in [0, 0.1) is 6.92 Å². The molecule has 0 aliphatic heterocycles. The van der Waals surface area contributed by atoms with Gasteiger partial charge in [0.2, 0.25) is 10.0 Å². The molecule has 172 valence electrons. The van der Waals surface area contributed by atoms with Crippen LogP contribution in [0.5, 0.6) is 0 Å². The standard InChI is InChI=1S/C28H26N2O3S/c1-21-12-14-22(15-13-21)20-30(34(2,32)33)25-18-16-24(17-19-25)28(31)29-27-11-7-6-10-26(27)23-8-4-3-5-9-23/h3-19H,20H2,1-2H3,(H,29,31). The highest BCUT2D eigenvalue weighted by molar-refractivity contribution is 7.92. The van der Waals surface area contributed by atoms with Crippen LogP contribution in [0.15, 0.2) is 103 Å². The number of rotatable bonds is 7. The maximum absolute atomic E-state index is 13.0. The molecule has 0 fully saturated rings. The summed E-state index contributed by atoms with van der Waals surface area (Å²) in [4.78, 5) is 13.0. The normalized spacial score (nSPS) is 11.1. The van der Waals surface area contributed by atoms with Gasteiger partial charge < -0.3 is 5.32 Å². The molecule has 5 nitrogen and oxygen atoms in total. The van der Waals surface area contributed by atoms with Crippen LogP contribution in [0.1, 0.15) is 21.5 Å². The van der Waals surface area contributed by atoms with Gasteiger partial charge in [0.1, 0.15) is 0 Å². The fourth-order valence-electron chi connectivity index (χ4n) is 3.69. The van der Waals surface area contributed by atoms with E-state index < -0.39 is 10.0 Å². The van der Waals surface area contributed by atoms with Crippen molar-refractivity contribution in [3.05, 3.63) is 120 Å². The molecule has 0 saturated heterocycles. The van der Waals surface area contributed by atoms with Gasteiger partial charge in [-0.05, 0) is 48.4 Å². The van der Waals surface area contributed by atoms with Crippen molar-refractivity contribution in [2.75, 3.05) is 15.9 Å². The molecule has 34 heavy (non-hydrogen) atoms. The number of sulfonamides is 1. The maximum Gasteiger partial charge on any atom is 0.255 e. The average Bonchev–Trinajstić information content (AvgIpc) is 2.84. The molecule has 0 unspecified atom stereocenters. The highest BCUT2D eigenvalue weighted by atomic mass is 32.2. The van der Waals surface area contributed by atoms with E-state index in [1.165, 1.54) is 10.6 Å². The Balaban J connectivity index is 1.55. The number of carbonyl (C=O) groups is 1. The van der Waals surface area contributed by atoms with Crippen molar-refractivity contribution in [2.24, 2.45) is 0 Å². The summed E-state index contributed by atoms with van der Waals surface area (Å²) < 4.78 is 26.3. The third kappa shape index (κ3) is 5.53. The smallest absolute Gasteiger partial charge is 0.255 e. The molecule has 0 atom stereocenters. The Hall–Kier alpha value is -3.90. The van der Waals surface area contributed by atoms with E-state index >= 15 is 0 Å². The second kappa shape index (κ2) is 9.93. The van der Waals surface area contributed by atoms with Crippen LogP contribution in [-0.2, 0) is 16.6 Å². The molecule has 0 aromatic heterocycles. The van der Waals surface area contributed by atoms with Gasteiger partial charge in [0, 0.05) is 16.8 Å². The summed E-state index contributed by atoms with van der Waals surface area (Å²) in [7, 11) is -3.51. The van der Waals surface area contributed by atoms with Gasteiger partial charge in [-0.3, -0.25) is 9.10 Å². The van der Waals surface area contributed by atoms with Crippen molar-refractivity contribution in [2.45, 2.75) is 13.5 Å². The highest BCUT2D eigenvalue weighted by Crippen LogP contribution is 2.28. The summed E-state index contributed by atoms with van der Waals surface area (Å²) in [5, 5.41) is 2.98. The molecular formula is C28H26N2O3S. The monoisotopic (exact) mass is 470 g/mol. The predicted octanol–water partition coefficient (Wildman–Crippen LogP) is 5.88. The summed E-state index contributed by atoms with van der Waals surface area (Å²) in [6.45, 7) is 2.20. The van der Waals surface area contributed by atoms with E-state index in [1.807, 2.05) is 85.8 Å². The second-order valence-electron chi connectivity index (χ2n) is 8.17. The minimum atomic E-state index is -3.51. The molecule has 0 spiro atoms. The van der Waals surface area contributed by atoms with Gasteiger partial charge in [-0.2, -0.15) is 0 Å². The Kier molecular flexibility index (Phi) is 6.80. The Labute approximate surface area is 200 Å². The molecule has 6 heteroatoms. The number of para-hydroxylation sites is 1. The predicted molar refractivity (Wildman–Crippen MR) is 138 cm³/mol. The van der Waals surface area contributed by atoms with Crippen molar-refractivity contribution in [3.8, 4) is 11.1 Å². The molecule has 4 rings (SSSR count). The van der Waals surface area contributed by atoms with Crippen LogP contribution in [0.3, 0.4) is 0 Å². The molecule has 0 radical (unpaired) electrons. The first-order valence-electron chi connectivity index (χ1n) is 10.9. The molecule has 4 aromatic carbocycles. The van der Waals surface area contributed by atoms with Crippen LogP contribution in [-0.4, -0.2) is 20.6 Å². The minimum Gasteiger partial charge on any atom is -0.321 e. The van der Waals surface area contributed by atoms with E-state index in [9.17, 15) is 13.2 Å². The van der Waals surface area contributed by atoms with E-state index in [-0.39, 0.29) is 12.5 Å². The molecule has 0 aliphatic carbocycles. The topological polar surface area (TPSA) is 66.5 Å². The van der Waals surface area contributed by atoms with Gasteiger partial charge in [0.05, 0.1) is 18.5 Å².